The molecule has 1 aliphatic rings. The van der Waals surface area contributed by atoms with Gasteiger partial charge in [0.05, 0.1) is 13.2 Å². The molecule has 0 bridgehead atoms. The highest BCUT2D eigenvalue weighted by molar-refractivity contribution is 5.69. The van der Waals surface area contributed by atoms with E-state index in [2.05, 4.69) is 4.98 Å². The molecule has 0 radical (unpaired) electrons. The van der Waals surface area contributed by atoms with Gasteiger partial charge in [0.15, 0.2) is 0 Å². The van der Waals surface area contributed by atoms with Crippen molar-refractivity contribution in [2.24, 2.45) is 0 Å². The first-order valence-corrected chi connectivity index (χ1v) is 6.91. The Balaban J connectivity index is 2.21. The molecule has 20 heavy (non-hydrogen) atoms. The van der Waals surface area contributed by atoms with Gasteiger partial charge in [-0.25, -0.2) is 9.78 Å². The molecule has 1 aromatic heterocycles. The maximum absolute atomic E-state index is 12.3. The number of pyridine rings is 1. The van der Waals surface area contributed by atoms with Crippen molar-refractivity contribution in [3.05, 3.63) is 23.9 Å². The van der Waals surface area contributed by atoms with Gasteiger partial charge < -0.3 is 14.4 Å². The lowest BCUT2D eigenvalue weighted by Gasteiger charge is -2.29. The van der Waals surface area contributed by atoms with Gasteiger partial charge in [-0.15, -0.1) is 0 Å². The average molecular weight is 278 g/mol. The second-order valence-corrected chi connectivity index (χ2v) is 5.93. The van der Waals surface area contributed by atoms with E-state index in [1.165, 1.54) is 0 Å². The number of hydrogen-bond acceptors (Lipinski definition) is 4. The van der Waals surface area contributed by atoms with Gasteiger partial charge in [-0.1, -0.05) is 6.07 Å². The van der Waals surface area contributed by atoms with Crippen LogP contribution in [0.25, 0.3) is 0 Å². The first-order valence-electron chi connectivity index (χ1n) is 6.91. The van der Waals surface area contributed by atoms with Crippen molar-refractivity contribution in [2.75, 3.05) is 13.7 Å². The Morgan fingerprint density at radius 1 is 1.45 bits per heavy atom. The smallest absolute Gasteiger partial charge is 0.410 e. The van der Waals surface area contributed by atoms with E-state index in [4.69, 9.17) is 9.47 Å². The highest BCUT2D eigenvalue weighted by Crippen LogP contribution is 2.36. The lowest BCUT2D eigenvalue weighted by atomic mass is 10.1. The van der Waals surface area contributed by atoms with E-state index in [1.54, 1.807) is 18.2 Å². The first-order chi connectivity index (χ1) is 9.42. The van der Waals surface area contributed by atoms with Gasteiger partial charge >= 0.3 is 6.09 Å². The van der Waals surface area contributed by atoms with Gasteiger partial charge in [0, 0.05) is 18.3 Å². The van der Waals surface area contributed by atoms with Gasteiger partial charge in [0.1, 0.15) is 5.60 Å². The average Bonchev–Trinajstić information content (AvgIpc) is 2.85. The molecule has 1 fully saturated rings. The summed E-state index contributed by atoms with van der Waals surface area (Å²) >= 11 is 0. The topological polar surface area (TPSA) is 51.7 Å². The molecule has 5 nitrogen and oxygen atoms in total. The summed E-state index contributed by atoms with van der Waals surface area (Å²) in [5.74, 6) is 0.577. The second-order valence-electron chi connectivity index (χ2n) is 5.93. The number of amides is 1. The molecular formula is C15H22N2O3. The van der Waals surface area contributed by atoms with Crippen LogP contribution in [0, 0.1) is 0 Å². The van der Waals surface area contributed by atoms with Gasteiger partial charge in [-0.2, -0.15) is 0 Å². The molecule has 1 atom stereocenters. The first kappa shape index (κ1) is 14.6. The van der Waals surface area contributed by atoms with E-state index in [0.717, 1.165) is 18.4 Å². The Hall–Kier alpha value is -1.78. The van der Waals surface area contributed by atoms with Crippen molar-refractivity contribution in [1.29, 1.82) is 0 Å². The summed E-state index contributed by atoms with van der Waals surface area (Å²) in [4.78, 5) is 18.3. The molecule has 0 spiro atoms. The largest absolute Gasteiger partial charge is 0.481 e. The van der Waals surface area contributed by atoms with Crippen molar-refractivity contribution in [2.45, 2.75) is 45.3 Å². The zero-order valence-electron chi connectivity index (χ0n) is 12.5. The normalized spacial score (nSPS) is 19.0. The number of carbonyl (C=O) groups excluding carboxylic acids is 1. The zero-order chi connectivity index (χ0) is 14.8. The summed E-state index contributed by atoms with van der Waals surface area (Å²) < 4.78 is 10.8. The van der Waals surface area contributed by atoms with Gasteiger partial charge in [0.25, 0.3) is 0 Å². The molecule has 1 saturated heterocycles. The van der Waals surface area contributed by atoms with Gasteiger partial charge in [-0.05, 0) is 39.7 Å². The number of likely N-dealkylation sites (tertiary alicyclic amines) is 1. The molecule has 0 aromatic carbocycles. The third-order valence-electron chi connectivity index (χ3n) is 3.23. The van der Waals surface area contributed by atoms with Crippen LogP contribution in [0.4, 0.5) is 4.79 Å². The fraction of sp³-hybridized carbons (Fsp3) is 0.600. The lowest BCUT2D eigenvalue weighted by Crippen LogP contribution is -2.36. The van der Waals surface area contributed by atoms with Crippen molar-refractivity contribution in [3.63, 3.8) is 0 Å². The van der Waals surface area contributed by atoms with E-state index in [0.29, 0.717) is 12.4 Å². The molecule has 1 aliphatic heterocycles. The molecule has 0 aliphatic carbocycles. The summed E-state index contributed by atoms with van der Waals surface area (Å²) in [6.07, 6.45) is 3.28. The van der Waals surface area contributed by atoms with Crippen LogP contribution in [0.3, 0.4) is 0 Å². The molecule has 2 heterocycles. The molecular weight excluding hydrogens is 256 g/mol. The summed E-state index contributed by atoms with van der Waals surface area (Å²) in [6.45, 7) is 6.33. The van der Waals surface area contributed by atoms with E-state index in [9.17, 15) is 4.79 Å². The Morgan fingerprint density at radius 2 is 2.20 bits per heavy atom. The Bertz CT molecular complexity index is 482. The van der Waals surface area contributed by atoms with Crippen LogP contribution in [0.1, 0.15) is 45.2 Å². The molecule has 1 amide bonds. The molecule has 1 aromatic rings. The highest BCUT2D eigenvalue weighted by Gasteiger charge is 2.34. The van der Waals surface area contributed by atoms with Gasteiger partial charge in [0.2, 0.25) is 5.88 Å². The maximum Gasteiger partial charge on any atom is 0.410 e. The summed E-state index contributed by atoms with van der Waals surface area (Å²) in [5, 5.41) is 0. The van der Waals surface area contributed by atoms with E-state index >= 15 is 0 Å². The van der Waals surface area contributed by atoms with E-state index < -0.39 is 5.60 Å². The minimum Gasteiger partial charge on any atom is -0.481 e. The molecule has 1 unspecified atom stereocenters. The Morgan fingerprint density at radius 3 is 2.85 bits per heavy atom. The van der Waals surface area contributed by atoms with Crippen molar-refractivity contribution in [1.82, 2.24) is 9.88 Å². The van der Waals surface area contributed by atoms with Crippen molar-refractivity contribution >= 4 is 6.09 Å². The number of carbonyl (C=O) groups is 1. The number of aromatic nitrogens is 1. The zero-order valence-corrected chi connectivity index (χ0v) is 12.5. The quantitative estimate of drug-likeness (QED) is 0.833. The summed E-state index contributed by atoms with van der Waals surface area (Å²) in [6, 6.07) is 3.80. The second kappa shape index (κ2) is 5.69. The monoisotopic (exact) mass is 278 g/mol. The number of hydrogen-bond donors (Lipinski definition) is 0. The minimum absolute atomic E-state index is 0.0199. The fourth-order valence-electron chi connectivity index (χ4n) is 2.46. The lowest BCUT2D eigenvalue weighted by molar-refractivity contribution is 0.0223. The van der Waals surface area contributed by atoms with Gasteiger partial charge in [-0.3, -0.25) is 0 Å². The van der Waals surface area contributed by atoms with Crippen LogP contribution in [0.2, 0.25) is 0 Å². The fourth-order valence-corrected chi connectivity index (χ4v) is 2.46. The van der Waals surface area contributed by atoms with Crippen LogP contribution in [0.5, 0.6) is 5.88 Å². The van der Waals surface area contributed by atoms with Crippen molar-refractivity contribution in [3.8, 4) is 5.88 Å². The molecule has 5 heteroatoms. The minimum atomic E-state index is -0.483. The number of rotatable bonds is 2. The van der Waals surface area contributed by atoms with Crippen LogP contribution < -0.4 is 4.74 Å². The predicted octanol–water partition coefficient (Wildman–Crippen LogP) is 3.16. The van der Waals surface area contributed by atoms with Crippen LogP contribution >= 0.6 is 0 Å². The Kier molecular flexibility index (Phi) is 4.16. The van der Waals surface area contributed by atoms with E-state index in [-0.39, 0.29) is 12.1 Å². The predicted molar refractivity (Wildman–Crippen MR) is 75.7 cm³/mol. The maximum atomic E-state index is 12.3. The molecule has 110 valence electrons. The number of nitrogens with zero attached hydrogens (tertiary/aromatic N) is 2. The standard InChI is InChI=1S/C15H22N2O3/c1-15(2,3)20-14(18)17-10-6-8-12(17)11-7-5-9-16-13(11)19-4/h5,7,9,12H,6,8,10H2,1-4H3. The van der Waals surface area contributed by atoms with Crippen molar-refractivity contribution < 1.29 is 14.3 Å². The molecule has 2 rings (SSSR count). The van der Waals surface area contributed by atoms with Crippen LogP contribution in [-0.2, 0) is 4.74 Å². The SMILES string of the molecule is COc1ncccc1C1CCCN1C(=O)OC(C)(C)C. The van der Waals surface area contributed by atoms with E-state index in [1.807, 2.05) is 32.9 Å². The highest BCUT2D eigenvalue weighted by atomic mass is 16.6. The van der Waals surface area contributed by atoms with Crippen LogP contribution in [-0.4, -0.2) is 35.2 Å². The molecule has 0 saturated carbocycles. The molecule has 0 N–H and O–H groups in total. The summed E-state index contributed by atoms with van der Waals surface area (Å²) in [5.41, 5.74) is 0.460. The Labute approximate surface area is 119 Å². The van der Waals surface area contributed by atoms with Crippen LogP contribution in [0.15, 0.2) is 18.3 Å². The third kappa shape index (κ3) is 3.21. The third-order valence-corrected chi connectivity index (χ3v) is 3.23. The summed E-state index contributed by atoms with van der Waals surface area (Å²) in [7, 11) is 1.60. The number of ether oxygens (including phenoxy) is 2. The number of methoxy groups -OCH3 is 1.